The van der Waals surface area contributed by atoms with Gasteiger partial charge in [0.25, 0.3) is 11.7 Å². The van der Waals surface area contributed by atoms with Crippen LogP contribution in [0.3, 0.4) is 0 Å². The Hall–Kier alpha value is -4.14. The molecule has 0 radical (unpaired) electrons. The highest BCUT2D eigenvalue weighted by atomic mass is 16.5. The maximum Gasteiger partial charge on any atom is 0.295 e. The average Bonchev–Trinajstić information content (AvgIpc) is 3.27. The molecule has 5 rings (SSSR count). The summed E-state index contributed by atoms with van der Waals surface area (Å²) in [6.45, 7) is 6.88. The largest absolute Gasteiger partial charge is 0.507 e. The van der Waals surface area contributed by atoms with Crippen molar-refractivity contribution in [1.82, 2.24) is 9.80 Å². The van der Waals surface area contributed by atoms with Crippen molar-refractivity contribution in [2.75, 3.05) is 46.0 Å². The van der Waals surface area contributed by atoms with E-state index in [0.29, 0.717) is 61.2 Å². The van der Waals surface area contributed by atoms with Crippen LogP contribution in [-0.4, -0.2) is 72.6 Å². The van der Waals surface area contributed by atoms with Gasteiger partial charge in [-0.3, -0.25) is 14.5 Å². The second kappa shape index (κ2) is 14.2. The van der Waals surface area contributed by atoms with E-state index in [0.717, 1.165) is 32.5 Å². The minimum atomic E-state index is -0.765. The molecule has 1 amide bonds. The first-order valence-electron chi connectivity index (χ1n) is 14.7. The zero-order valence-electron chi connectivity index (χ0n) is 24.0. The fourth-order valence-electron chi connectivity index (χ4n) is 5.34. The summed E-state index contributed by atoms with van der Waals surface area (Å²) in [6, 6.07) is 23.0. The Morgan fingerprint density at radius 1 is 0.881 bits per heavy atom. The number of carbonyl (C=O) groups is 2. The van der Waals surface area contributed by atoms with Gasteiger partial charge in [-0.05, 0) is 54.8 Å². The second-order valence-corrected chi connectivity index (χ2v) is 10.5. The minimum absolute atomic E-state index is 0.0638. The molecule has 2 aliphatic rings. The van der Waals surface area contributed by atoms with Crippen LogP contribution in [0.4, 0.5) is 0 Å². The zero-order valence-corrected chi connectivity index (χ0v) is 24.0. The summed E-state index contributed by atoms with van der Waals surface area (Å²) in [5, 5.41) is 11.6. The summed E-state index contributed by atoms with van der Waals surface area (Å²) in [6.07, 6.45) is 2.60. The van der Waals surface area contributed by atoms with Crippen LogP contribution in [0.5, 0.6) is 17.2 Å². The third-order valence-electron chi connectivity index (χ3n) is 7.54. The number of benzene rings is 3. The first-order valence-corrected chi connectivity index (χ1v) is 14.7. The summed E-state index contributed by atoms with van der Waals surface area (Å²) in [5.74, 6) is 0.313. The zero-order chi connectivity index (χ0) is 29.3. The number of ether oxygens (including phenoxy) is 3. The van der Waals surface area contributed by atoms with Crippen LogP contribution in [-0.2, 0) is 14.3 Å². The van der Waals surface area contributed by atoms with Crippen molar-refractivity contribution in [3.05, 3.63) is 95.6 Å². The minimum Gasteiger partial charge on any atom is -0.507 e. The van der Waals surface area contributed by atoms with E-state index < -0.39 is 17.7 Å². The van der Waals surface area contributed by atoms with Crippen LogP contribution >= 0.6 is 0 Å². The van der Waals surface area contributed by atoms with Gasteiger partial charge in [0.2, 0.25) is 0 Å². The third kappa shape index (κ3) is 7.01. The molecule has 0 saturated carbocycles. The lowest BCUT2D eigenvalue weighted by atomic mass is 9.95. The number of aliphatic hydroxyl groups excluding tert-OH is 1. The van der Waals surface area contributed by atoms with Crippen molar-refractivity contribution in [2.45, 2.75) is 32.2 Å². The van der Waals surface area contributed by atoms with Crippen LogP contribution in [0, 0.1) is 0 Å². The summed E-state index contributed by atoms with van der Waals surface area (Å²) in [7, 11) is 0. The predicted octanol–water partition coefficient (Wildman–Crippen LogP) is 5.80. The van der Waals surface area contributed by atoms with E-state index in [4.69, 9.17) is 14.2 Å². The summed E-state index contributed by atoms with van der Waals surface area (Å²) in [5.41, 5.74) is 1.18. The van der Waals surface area contributed by atoms with Crippen LogP contribution in [0.15, 0.2) is 84.4 Å². The van der Waals surface area contributed by atoms with Gasteiger partial charge in [-0.25, -0.2) is 0 Å². The molecule has 220 valence electrons. The molecular formula is C34H38N2O6. The molecule has 0 aromatic heterocycles. The number of hydrogen-bond donors (Lipinski definition) is 1. The molecule has 0 bridgehead atoms. The fourth-order valence-corrected chi connectivity index (χ4v) is 5.34. The van der Waals surface area contributed by atoms with E-state index in [2.05, 4.69) is 11.8 Å². The van der Waals surface area contributed by atoms with Crippen molar-refractivity contribution in [3.8, 4) is 17.2 Å². The summed E-state index contributed by atoms with van der Waals surface area (Å²) < 4.78 is 17.4. The van der Waals surface area contributed by atoms with E-state index in [1.807, 2.05) is 60.7 Å². The second-order valence-electron chi connectivity index (χ2n) is 10.5. The van der Waals surface area contributed by atoms with E-state index >= 15 is 0 Å². The number of morpholine rings is 1. The van der Waals surface area contributed by atoms with Gasteiger partial charge in [0.05, 0.1) is 31.4 Å². The van der Waals surface area contributed by atoms with Gasteiger partial charge in [0.1, 0.15) is 23.0 Å². The van der Waals surface area contributed by atoms with E-state index in [-0.39, 0.29) is 11.3 Å². The van der Waals surface area contributed by atoms with Gasteiger partial charge in [-0.15, -0.1) is 0 Å². The Morgan fingerprint density at radius 3 is 2.40 bits per heavy atom. The maximum atomic E-state index is 13.6. The molecule has 3 aromatic carbocycles. The number of nitrogens with zero attached hydrogens (tertiary/aromatic N) is 2. The highest BCUT2D eigenvalue weighted by Crippen LogP contribution is 2.41. The first kappa shape index (κ1) is 29.4. The molecule has 1 N–H and O–H groups in total. The standard InChI is InChI=1S/C34H38N2O6/c1-2-3-20-41-28-14-8-11-26(24-28)32(37)30-31(25-10-7-15-29(23-25)42-27-12-5-4-6-13-27)36(34(39)33(30)38)17-9-16-35-18-21-40-22-19-35/h4-8,10-15,23-24,31,37H,2-3,9,16-22H2,1H3. The van der Waals surface area contributed by atoms with E-state index in [1.165, 1.54) is 0 Å². The van der Waals surface area contributed by atoms with Crippen LogP contribution in [0.1, 0.15) is 43.4 Å². The van der Waals surface area contributed by atoms with Crippen molar-refractivity contribution in [1.29, 1.82) is 0 Å². The Bertz CT molecular complexity index is 1400. The van der Waals surface area contributed by atoms with Crippen molar-refractivity contribution >= 4 is 17.4 Å². The van der Waals surface area contributed by atoms with Crippen molar-refractivity contribution < 1.29 is 28.9 Å². The Balaban J connectivity index is 1.48. The van der Waals surface area contributed by atoms with Gasteiger partial charge >= 0.3 is 0 Å². The van der Waals surface area contributed by atoms with E-state index in [1.54, 1.807) is 23.1 Å². The number of hydrogen-bond acceptors (Lipinski definition) is 7. The topological polar surface area (TPSA) is 88.5 Å². The number of amides is 1. The lowest BCUT2D eigenvalue weighted by molar-refractivity contribution is -0.140. The Kier molecular flexibility index (Phi) is 9.90. The predicted molar refractivity (Wildman–Crippen MR) is 161 cm³/mol. The number of likely N-dealkylation sites (tertiary alicyclic amines) is 1. The number of carbonyl (C=O) groups excluding carboxylic acids is 2. The maximum absolute atomic E-state index is 13.6. The molecule has 8 heteroatoms. The SMILES string of the molecule is CCCCOc1cccc(C(O)=C2C(=O)C(=O)N(CCCN3CCOCC3)C2c2cccc(Oc3ccccc3)c2)c1. The third-order valence-corrected chi connectivity index (χ3v) is 7.54. The quantitative estimate of drug-likeness (QED) is 0.127. The number of para-hydroxylation sites is 1. The highest BCUT2D eigenvalue weighted by molar-refractivity contribution is 6.46. The van der Waals surface area contributed by atoms with Gasteiger partial charge in [0, 0.05) is 31.7 Å². The summed E-state index contributed by atoms with van der Waals surface area (Å²) >= 11 is 0. The van der Waals surface area contributed by atoms with E-state index in [9.17, 15) is 14.7 Å². The van der Waals surface area contributed by atoms with Gasteiger partial charge in [-0.2, -0.15) is 0 Å². The molecule has 2 fully saturated rings. The first-order chi connectivity index (χ1) is 20.5. The summed E-state index contributed by atoms with van der Waals surface area (Å²) in [4.78, 5) is 30.9. The number of rotatable bonds is 12. The highest BCUT2D eigenvalue weighted by Gasteiger charge is 2.46. The molecule has 1 unspecified atom stereocenters. The molecule has 8 nitrogen and oxygen atoms in total. The molecule has 0 aliphatic carbocycles. The Morgan fingerprint density at radius 2 is 1.62 bits per heavy atom. The lowest BCUT2D eigenvalue weighted by Crippen LogP contribution is -2.38. The van der Waals surface area contributed by atoms with Crippen LogP contribution < -0.4 is 9.47 Å². The Labute approximate surface area is 247 Å². The fraction of sp³-hybridized carbons (Fsp3) is 0.353. The smallest absolute Gasteiger partial charge is 0.295 e. The molecule has 1 atom stereocenters. The van der Waals surface area contributed by atoms with Gasteiger partial charge in [-0.1, -0.05) is 55.8 Å². The molecule has 3 aromatic rings. The number of aliphatic hydroxyl groups is 1. The lowest BCUT2D eigenvalue weighted by Gasteiger charge is -2.29. The van der Waals surface area contributed by atoms with Crippen LogP contribution in [0.25, 0.3) is 5.76 Å². The number of unbranched alkanes of at least 4 members (excludes halogenated alkanes) is 1. The van der Waals surface area contributed by atoms with Gasteiger partial charge in [0.15, 0.2) is 0 Å². The van der Waals surface area contributed by atoms with Crippen molar-refractivity contribution in [2.24, 2.45) is 0 Å². The van der Waals surface area contributed by atoms with Gasteiger partial charge < -0.3 is 24.2 Å². The molecule has 2 heterocycles. The average molecular weight is 571 g/mol. The molecule has 2 aliphatic heterocycles. The normalized spacial score (nSPS) is 18.8. The van der Waals surface area contributed by atoms with Crippen LogP contribution in [0.2, 0.25) is 0 Å². The molecule has 42 heavy (non-hydrogen) atoms. The monoisotopic (exact) mass is 570 g/mol. The molecule has 2 saturated heterocycles. The van der Waals surface area contributed by atoms with Crippen molar-refractivity contribution in [3.63, 3.8) is 0 Å². The number of ketones is 1. The molecule has 0 spiro atoms. The number of Topliss-reactive ketones (excluding diaryl/α,β-unsaturated/α-hetero) is 1. The molecular weight excluding hydrogens is 532 g/mol.